The Morgan fingerprint density at radius 1 is 0.969 bits per heavy atom. The van der Waals surface area contributed by atoms with Crippen molar-refractivity contribution in [2.45, 2.75) is 77.2 Å². The van der Waals surface area contributed by atoms with Crippen molar-refractivity contribution in [3.05, 3.63) is 63.5 Å². The van der Waals surface area contributed by atoms with Crippen molar-refractivity contribution < 1.29 is 4.74 Å². The largest absolute Gasteiger partial charge is 0.381 e. The zero-order valence-corrected chi connectivity index (χ0v) is 19.1. The zero-order valence-electron chi connectivity index (χ0n) is 19.1. The maximum Gasteiger partial charge on any atom is 0.296 e. The van der Waals surface area contributed by atoms with E-state index < -0.39 is 0 Å². The summed E-state index contributed by atoms with van der Waals surface area (Å²) < 4.78 is 9.52. The fraction of sp³-hybridized carbons (Fsp3) is 0.577. The van der Waals surface area contributed by atoms with Gasteiger partial charge in [-0.15, -0.1) is 10.2 Å². The molecule has 0 unspecified atom stereocenters. The Morgan fingerprint density at radius 2 is 1.69 bits per heavy atom. The Kier molecular flexibility index (Phi) is 6.39. The van der Waals surface area contributed by atoms with Gasteiger partial charge in [-0.25, -0.2) is 0 Å². The highest BCUT2D eigenvalue weighted by atomic mass is 16.5. The van der Waals surface area contributed by atoms with Gasteiger partial charge in [0.05, 0.1) is 0 Å². The summed E-state index contributed by atoms with van der Waals surface area (Å²) in [4.78, 5) is 13.7. The van der Waals surface area contributed by atoms with E-state index in [0.29, 0.717) is 17.5 Å². The van der Waals surface area contributed by atoms with E-state index in [1.165, 1.54) is 49.7 Å². The Morgan fingerprint density at radius 3 is 2.41 bits per heavy atom. The molecular formula is C26H34N4O2. The summed E-state index contributed by atoms with van der Waals surface area (Å²) in [6.07, 6.45) is 12.3. The second-order valence-electron chi connectivity index (χ2n) is 9.69. The van der Waals surface area contributed by atoms with Gasteiger partial charge in [0.25, 0.3) is 5.56 Å². The lowest BCUT2D eigenvalue weighted by Gasteiger charge is -2.22. The lowest BCUT2D eigenvalue weighted by atomic mass is 9.99. The van der Waals surface area contributed by atoms with E-state index in [2.05, 4.69) is 47.6 Å². The predicted octanol–water partition coefficient (Wildman–Crippen LogP) is 4.65. The van der Waals surface area contributed by atoms with Gasteiger partial charge in [-0.05, 0) is 44.1 Å². The lowest BCUT2D eigenvalue weighted by molar-refractivity contribution is 0.0834. The molecular weight excluding hydrogens is 400 g/mol. The minimum Gasteiger partial charge on any atom is -0.381 e. The first-order valence-corrected chi connectivity index (χ1v) is 12.3. The molecule has 1 saturated carbocycles. The quantitative estimate of drug-likeness (QED) is 0.548. The van der Waals surface area contributed by atoms with Gasteiger partial charge >= 0.3 is 0 Å². The van der Waals surface area contributed by atoms with Crippen LogP contribution in [0.1, 0.15) is 79.9 Å². The van der Waals surface area contributed by atoms with Crippen LogP contribution in [0, 0.1) is 12.8 Å². The zero-order chi connectivity index (χ0) is 21.9. The van der Waals surface area contributed by atoms with Crippen molar-refractivity contribution in [3.8, 4) is 0 Å². The molecule has 3 heterocycles. The van der Waals surface area contributed by atoms with Gasteiger partial charge in [0.2, 0.25) is 5.65 Å². The Labute approximate surface area is 189 Å². The van der Waals surface area contributed by atoms with E-state index in [0.717, 1.165) is 50.5 Å². The topological polar surface area (TPSA) is 61.4 Å². The number of hydrogen-bond acceptors (Lipinski definition) is 4. The van der Waals surface area contributed by atoms with Crippen molar-refractivity contribution in [3.63, 3.8) is 0 Å². The fourth-order valence-electron chi connectivity index (χ4n) is 5.34. The van der Waals surface area contributed by atoms with Crippen LogP contribution in [-0.2, 0) is 17.7 Å². The molecule has 6 nitrogen and oxygen atoms in total. The van der Waals surface area contributed by atoms with E-state index in [9.17, 15) is 4.79 Å². The molecule has 32 heavy (non-hydrogen) atoms. The smallest absolute Gasteiger partial charge is 0.296 e. The molecule has 0 bridgehead atoms. The molecule has 0 atom stereocenters. The Hall–Kier alpha value is -2.47. The van der Waals surface area contributed by atoms with Crippen LogP contribution in [-0.4, -0.2) is 32.4 Å². The summed E-state index contributed by atoms with van der Waals surface area (Å²) in [5, 5.41) is 8.85. The van der Waals surface area contributed by atoms with E-state index >= 15 is 0 Å². The van der Waals surface area contributed by atoms with Crippen LogP contribution in [0.3, 0.4) is 0 Å². The number of hydrogen-bond donors (Lipinski definition) is 0. The number of rotatable bonds is 5. The van der Waals surface area contributed by atoms with E-state index in [4.69, 9.17) is 4.74 Å². The molecule has 2 aromatic heterocycles. The monoisotopic (exact) mass is 434 g/mol. The summed E-state index contributed by atoms with van der Waals surface area (Å²) in [6, 6.07) is 8.64. The first-order chi connectivity index (χ1) is 15.7. The molecule has 2 fully saturated rings. The minimum atomic E-state index is 0.00432. The molecule has 5 rings (SSSR count). The molecule has 0 spiro atoms. The van der Waals surface area contributed by atoms with Crippen molar-refractivity contribution in [1.29, 1.82) is 0 Å². The number of aryl methyl sites for hydroxylation is 1. The van der Waals surface area contributed by atoms with Crippen LogP contribution in [0.25, 0.3) is 5.65 Å². The van der Waals surface area contributed by atoms with Crippen LogP contribution >= 0.6 is 0 Å². The van der Waals surface area contributed by atoms with E-state index in [-0.39, 0.29) is 5.56 Å². The number of nitrogens with zero attached hydrogens (tertiary/aromatic N) is 4. The SMILES string of the molecule is Cc1ccc(Cc2cn3c(C4CCOCC4)nnc3c(=O)n2CC2CCCCCC2)cc1. The van der Waals surface area contributed by atoms with Gasteiger partial charge in [0.1, 0.15) is 5.82 Å². The van der Waals surface area contributed by atoms with Crippen molar-refractivity contribution >= 4 is 5.65 Å². The van der Waals surface area contributed by atoms with Gasteiger partial charge in [-0.1, -0.05) is 55.5 Å². The van der Waals surface area contributed by atoms with E-state index in [1.807, 2.05) is 8.97 Å². The third kappa shape index (κ3) is 4.51. The normalized spacial score (nSPS) is 18.8. The number of ether oxygens (including phenoxy) is 1. The summed E-state index contributed by atoms with van der Waals surface area (Å²) in [7, 11) is 0. The second kappa shape index (κ2) is 9.57. The van der Waals surface area contributed by atoms with Crippen LogP contribution in [0.2, 0.25) is 0 Å². The standard InChI is InChI=1S/C26H34N4O2/c1-19-8-10-20(11-9-19)16-23-18-30-24(22-12-14-32-15-13-22)27-28-25(30)26(31)29(23)17-21-6-4-2-3-5-7-21/h8-11,18,21-22H,2-7,12-17H2,1H3. The molecule has 0 radical (unpaired) electrons. The van der Waals surface area contributed by atoms with Crippen LogP contribution in [0.5, 0.6) is 0 Å². The molecule has 2 aliphatic rings. The van der Waals surface area contributed by atoms with Gasteiger partial charge in [0.15, 0.2) is 0 Å². The fourth-order valence-corrected chi connectivity index (χ4v) is 5.34. The lowest BCUT2D eigenvalue weighted by Crippen LogP contribution is -2.29. The van der Waals surface area contributed by atoms with Crippen molar-refractivity contribution in [2.75, 3.05) is 13.2 Å². The Balaban J connectivity index is 1.56. The third-order valence-electron chi connectivity index (χ3n) is 7.29. The van der Waals surface area contributed by atoms with E-state index in [1.54, 1.807) is 0 Å². The Bertz CT molecular complexity index is 1100. The highest BCUT2D eigenvalue weighted by molar-refractivity contribution is 5.38. The van der Waals surface area contributed by atoms with Crippen LogP contribution in [0.4, 0.5) is 0 Å². The average molecular weight is 435 g/mol. The average Bonchev–Trinajstić information content (AvgIpc) is 3.06. The summed E-state index contributed by atoms with van der Waals surface area (Å²) in [5.74, 6) is 1.77. The summed E-state index contributed by atoms with van der Waals surface area (Å²) in [6.45, 7) is 4.38. The van der Waals surface area contributed by atoms with Gasteiger partial charge in [0, 0.05) is 44.0 Å². The first kappa shape index (κ1) is 21.4. The molecule has 6 heteroatoms. The maximum atomic E-state index is 13.7. The molecule has 1 aliphatic heterocycles. The van der Waals surface area contributed by atoms with Gasteiger partial charge < -0.3 is 9.30 Å². The summed E-state index contributed by atoms with van der Waals surface area (Å²) >= 11 is 0. The second-order valence-corrected chi connectivity index (χ2v) is 9.69. The minimum absolute atomic E-state index is 0.00432. The van der Waals surface area contributed by atoms with Gasteiger partial charge in [-0.2, -0.15) is 0 Å². The highest BCUT2D eigenvalue weighted by Crippen LogP contribution is 2.27. The van der Waals surface area contributed by atoms with Crippen molar-refractivity contribution in [2.24, 2.45) is 5.92 Å². The van der Waals surface area contributed by atoms with Crippen LogP contribution < -0.4 is 5.56 Å². The maximum absolute atomic E-state index is 13.7. The molecule has 0 amide bonds. The van der Waals surface area contributed by atoms with Gasteiger partial charge in [-0.3, -0.25) is 9.20 Å². The molecule has 170 valence electrons. The molecule has 1 aromatic carbocycles. The third-order valence-corrected chi connectivity index (χ3v) is 7.29. The molecule has 1 aliphatic carbocycles. The first-order valence-electron chi connectivity index (χ1n) is 12.3. The number of aromatic nitrogens is 4. The number of fused-ring (bicyclic) bond motifs is 1. The number of benzene rings is 1. The van der Waals surface area contributed by atoms with Crippen LogP contribution in [0.15, 0.2) is 35.3 Å². The van der Waals surface area contributed by atoms with Crippen molar-refractivity contribution in [1.82, 2.24) is 19.2 Å². The highest BCUT2D eigenvalue weighted by Gasteiger charge is 2.24. The summed E-state index contributed by atoms with van der Waals surface area (Å²) in [5.41, 5.74) is 4.01. The molecule has 0 N–H and O–H groups in total. The predicted molar refractivity (Wildman–Crippen MR) is 125 cm³/mol. The molecule has 1 saturated heterocycles. The molecule has 3 aromatic rings.